The summed E-state index contributed by atoms with van der Waals surface area (Å²) in [5.41, 5.74) is 0.885. The first-order valence-corrected chi connectivity index (χ1v) is 6.07. The van der Waals surface area contributed by atoms with Crippen LogP contribution < -0.4 is 5.36 Å². The highest BCUT2D eigenvalue weighted by atomic mass is 16.5. The number of esters is 1. The van der Waals surface area contributed by atoms with E-state index in [1.807, 2.05) is 30.3 Å². The minimum absolute atomic E-state index is 0.140. The summed E-state index contributed by atoms with van der Waals surface area (Å²) in [4.78, 5) is 26.1. The van der Waals surface area contributed by atoms with Crippen LogP contribution in [0.5, 0.6) is 0 Å². The highest BCUT2D eigenvalue weighted by Gasteiger charge is 2.12. The Morgan fingerprint density at radius 1 is 1.25 bits per heavy atom. The third kappa shape index (κ3) is 3.38. The Morgan fingerprint density at radius 2 is 2.00 bits per heavy atom. The normalized spacial score (nSPS) is 11.2. The molecule has 2 rings (SSSR count). The van der Waals surface area contributed by atoms with E-state index in [0.29, 0.717) is 5.36 Å². The van der Waals surface area contributed by atoms with Gasteiger partial charge in [-0.2, -0.15) is 5.10 Å². The predicted octanol–water partition coefficient (Wildman–Crippen LogP) is 0.863. The van der Waals surface area contributed by atoms with Gasteiger partial charge in [0.25, 0.3) is 0 Å². The molecule has 0 radical (unpaired) electrons. The molecule has 0 aliphatic rings. The number of rotatable bonds is 2. The third-order valence-electron chi connectivity index (χ3n) is 2.40. The van der Waals surface area contributed by atoms with Crippen LogP contribution in [-0.4, -0.2) is 28.3 Å². The molecule has 1 aromatic heterocycles. The molecule has 0 N–H and O–H groups in total. The van der Waals surface area contributed by atoms with Crippen molar-refractivity contribution in [1.82, 2.24) is 9.78 Å². The van der Waals surface area contributed by atoms with E-state index in [2.05, 4.69) is 14.8 Å². The summed E-state index contributed by atoms with van der Waals surface area (Å²) < 4.78 is 6.19. The van der Waals surface area contributed by atoms with E-state index in [1.54, 1.807) is 23.9 Å². The molecule has 0 saturated heterocycles. The summed E-state index contributed by atoms with van der Waals surface area (Å²) in [5.74, 6) is -1.90. The molecule has 0 aliphatic carbocycles. The van der Waals surface area contributed by atoms with Gasteiger partial charge in [-0.05, 0) is 25.1 Å². The molecule has 102 valence electrons. The number of hydrogen-bond donors (Lipinski definition) is 0. The molecular weight excluding hydrogens is 258 g/mol. The largest absolute Gasteiger partial charge is 0.459 e. The van der Waals surface area contributed by atoms with Crippen molar-refractivity contribution in [2.75, 3.05) is 6.61 Å². The minimum atomic E-state index is -0.965. The maximum atomic E-state index is 11.4. The van der Waals surface area contributed by atoms with E-state index in [1.165, 1.54) is 6.20 Å². The van der Waals surface area contributed by atoms with Gasteiger partial charge in [0.1, 0.15) is 0 Å². The number of hydrogen-bond acceptors (Lipinski definition) is 4. The Morgan fingerprint density at radius 3 is 2.60 bits per heavy atom. The van der Waals surface area contributed by atoms with Crippen molar-refractivity contribution in [3.63, 3.8) is 0 Å². The van der Waals surface area contributed by atoms with Gasteiger partial charge >= 0.3 is 11.9 Å². The lowest BCUT2D eigenvalue weighted by atomic mass is 10.3. The first-order valence-electron chi connectivity index (χ1n) is 6.07. The summed E-state index contributed by atoms with van der Waals surface area (Å²) in [6.45, 7) is 1.76. The molecule has 20 heavy (non-hydrogen) atoms. The van der Waals surface area contributed by atoms with Crippen LogP contribution in [0.15, 0.2) is 53.8 Å². The van der Waals surface area contributed by atoms with Crippen LogP contribution in [0.4, 0.5) is 0 Å². The molecule has 0 saturated carbocycles. The van der Waals surface area contributed by atoms with Crippen molar-refractivity contribution in [3.05, 3.63) is 54.1 Å². The molecule has 2 aromatic rings. The van der Waals surface area contributed by atoms with Crippen LogP contribution >= 0.6 is 0 Å². The third-order valence-corrected chi connectivity index (χ3v) is 2.40. The van der Waals surface area contributed by atoms with Crippen molar-refractivity contribution in [1.29, 1.82) is 0 Å². The molecule has 0 fully saturated rings. The van der Waals surface area contributed by atoms with E-state index in [0.717, 1.165) is 5.69 Å². The first-order chi connectivity index (χ1) is 9.70. The molecule has 0 unspecified atom stereocenters. The fourth-order valence-corrected chi connectivity index (χ4v) is 1.51. The number of amides is 1. The van der Waals surface area contributed by atoms with Crippen LogP contribution in [-0.2, 0) is 14.3 Å². The van der Waals surface area contributed by atoms with E-state index >= 15 is 0 Å². The second-order valence-electron chi connectivity index (χ2n) is 3.80. The molecular formula is C14H13N3O3. The van der Waals surface area contributed by atoms with Gasteiger partial charge in [-0.15, -0.1) is 0 Å². The van der Waals surface area contributed by atoms with Crippen LogP contribution in [0, 0.1) is 0 Å². The second kappa shape index (κ2) is 6.42. The monoisotopic (exact) mass is 271 g/mol. The van der Waals surface area contributed by atoms with E-state index in [9.17, 15) is 9.59 Å². The summed E-state index contributed by atoms with van der Waals surface area (Å²) in [6, 6.07) is 11.1. The van der Waals surface area contributed by atoms with Crippen molar-refractivity contribution in [2.45, 2.75) is 6.92 Å². The van der Waals surface area contributed by atoms with E-state index < -0.39 is 11.9 Å². The first kappa shape index (κ1) is 13.7. The minimum Gasteiger partial charge on any atom is -0.459 e. The Hall–Kier alpha value is -2.76. The zero-order valence-corrected chi connectivity index (χ0v) is 10.9. The molecule has 0 bridgehead atoms. The predicted molar refractivity (Wildman–Crippen MR) is 70.8 cm³/mol. The topological polar surface area (TPSA) is 73.6 Å². The Labute approximate surface area is 115 Å². The van der Waals surface area contributed by atoms with Gasteiger partial charge < -0.3 is 4.74 Å². The fourth-order valence-electron chi connectivity index (χ4n) is 1.51. The molecule has 6 heteroatoms. The lowest BCUT2D eigenvalue weighted by Crippen LogP contribution is -2.19. The number of nitrogens with zero attached hydrogens (tertiary/aromatic N) is 3. The summed E-state index contributed by atoms with van der Waals surface area (Å²) in [5, 5.41) is 4.43. The average Bonchev–Trinajstić information content (AvgIpc) is 2.49. The zero-order valence-electron chi connectivity index (χ0n) is 10.9. The van der Waals surface area contributed by atoms with Crippen molar-refractivity contribution >= 4 is 11.9 Å². The zero-order chi connectivity index (χ0) is 14.4. The number of carbonyl (C=O) groups excluding carboxylic acids is 2. The quantitative estimate of drug-likeness (QED) is 0.600. The van der Waals surface area contributed by atoms with Crippen molar-refractivity contribution < 1.29 is 14.3 Å². The van der Waals surface area contributed by atoms with E-state index in [4.69, 9.17) is 0 Å². The summed E-state index contributed by atoms with van der Waals surface area (Å²) >= 11 is 0. The SMILES string of the molecule is CCOC(=O)C(=O)N=c1ccn(-c2ccccc2)nc1. The molecule has 6 nitrogen and oxygen atoms in total. The molecule has 1 heterocycles. The molecule has 1 aromatic carbocycles. The van der Waals surface area contributed by atoms with Crippen LogP contribution in [0.2, 0.25) is 0 Å². The standard InChI is InChI=1S/C14H13N3O3/c1-2-20-14(19)13(18)16-11-8-9-17(15-10-11)12-6-4-3-5-7-12/h3-10H,2H2,1H3. The summed E-state index contributed by atoms with van der Waals surface area (Å²) in [6.07, 6.45) is 3.07. The van der Waals surface area contributed by atoms with E-state index in [-0.39, 0.29) is 6.61 Å². The Bertz CT molecular complexity index is 657. The molecule has 0 aliphatic heterocycles. The van der Waals surface area contributed by atoms with Gasteiger partial charge in [-0.1, -0.05) is 18.2 Å². The van der Waals surface area contributed by atoms with Crippen LogP contribution in [0.1, 0.15) is 6.92 Å². The number of para-hydroxylation sites is 1. The average molecular weight is 271 g/mol. The number of benzene rings is 1. The van der Waals surface area contributed by atoms with Crippen molar-refractivity contribution in [3.8, 4) is 5.69 Å². The number of aromatic nitrogens is 2. The molecule has 0 spiro atoms. The van der Waals surface area contributed by atoms with Crippen molar-refractivity contribution in [2.24, 2.45) is 4.99 Å². The van der Waals surface area contributed by atoms with Gasteiger partial charge in [0.2, 0.25) is 0 Å². The lowest BCUT2D eigenvalue weighted by Gasteiger charge is -2.03. The molecule has 0 atom stereocenters. The van der Waals surface area contributed by atoms with Crippen LogP contribution in [0.3, 0.4) is 0 Å². The van der Waals surface area contributed by atoms with Gasteiger partial charge in [-0.3, -0.25) is 4.79 Å². The van der Waals surface area contributed by atoms with Crippen LogP contribution in [0.25, 0.3) is 5.69 Å². The number of ether oxygens (including phenoxy) is 1. The molecule has 1 amide bonds. The van der Waals surface area contributed by atoms with Gasteiger partial charge in [0, 0.05) is 6.20 Å². The highest BCUT2D eigenvalue weighted by molar-refractivity contribution is 6.32. The Kier molecular flexibility index (Phi) is 4.39. The van der Waals surface area contributed by atoms with Gasteiger partial charge in [0.15, 0.2) is 0 Å². The highest BCUT2D eigenvalue weighted by Crippen LogP contribution is 2.02. The maximum absolute atomic E-state index is 11.4. The summed E-state index contributed by atoms with van der Waals surface area (Å²) in [7, 11) is 0. The van der Waals surface area contributed by atoms with Gasteiger partial charge in [-0.25, -0.2) is 14.5 Å². The lowest BCUT2D eigenvalue weighted by molar-refractivity contribution is -0.153. The maximum Gasteiger partial charge on any atom is 0.399 e. The smallest absolute Gasteiger partial charge is 0.399 e. The number of carbonyl (C=O) groups is 2. The van der Waals surface area contributed by atoms with Gasteiger partial charge in [0.05, 0.1) is 23.8 Å². The fraction of sp³-hybridized carbons (Fsp3) is 0.143. The Balaban J connectivity index is 2.20. The second-order valence-corrected chi connectivity index (χ2v) is 3.80.